The molecule has 0 spiro atoms. The van der Waals surface area contributed by atoms with Crippen LogP contribution in [0.2, 0.25) is 0 Å². The van der Waals surface area contributed by atoms with Crippen molar-refractivity contribution in [2.75, 3.05) is 13.7 Å². The molecule has 2 aromatic rings. The molecule has 0 saturated carbocycles. The maximum atomic E-state index is 11.9. The number of rotatable bonds is 5. The van der Waals surface area contributed by atoms with E-state index in [1.165, 1.54) is 19.3 Å². The zero-order valence-electron chi connectivity index (χ0n) is 12.1. The molecule has 0 bridgehead atoms. The minimum Gasteiger partial charge on any atom is -0.462 e. The molecule has 6 heteroatoms. The molecule has 1 aromatic carbocycles. The van der Waals surface area contributed by atoms with E-state index in [4.69, 9.17) is 4.74 Å². The lowest BCUT2D eigenvalue weighted by Crippen LogP contribution is -2.27. The fourth-order valence-electron chi connectivity index (χ4n) is 1.89. The molecule has 1 amide bonds. The van der Waals surface area contributed by atoms with Crippen LogP contribution in [0.1, 0.15) is 26.3 Å². The summed E-state index contributed by atoms with van der Waals surface area (Å²) in [6.07, 6.45) is 1.83. The van der Waals surface area contributed by atoms with E-state index in [9.17, 15) is 14.4 Å². The average Bonchev–Trinajstić information content (AvgIpc) is 2.55. The predicted molar refractivity (Wildman–Crippen MR) is 80.9 cm³/mol. The molecule has 0 aliphatic heterocycles. The first-order valence-corrected chi connectivity index (χ1v) is 6.77. The molecular formula is C16H16N2O4. The molecule has 1 aromatic heterocycles. The number of aromatic nitrogens is 1. The maximum absolute atomic E-state index is 11.9. The van der Waals surface area contributed by atoms with Gasteiger partial charge >= 0.3 is 5.97 Å². The molecule has 0 aliphatic rings. The summed E-state index contributed by atoms with van der Waals surface area (Å²) in [6, 6.07) is 10.8. The van der Waals surface area contributed by atoms with Crippen molar-refractivity contribution in [3.63, 3.8) is 0 Å². The van der Waals surface area contributed by atoms with Crippen LogP contribution in [0.3, 0.4) is 0 Å². The number of esters is 1. The number of nitrogens with one attached hydrogen (secondary N) is 2. The Balaban J connectivity index is 2.01. The third kappa shape index (κ3) is 3.82. The number of hydrogen-bond donors (Lipinski definition) is 2. The van der Waals surface area contributed by atoms with Gasteiger partial charge in [0.1, 0.15) is 5.56 Å². The second kappa shape index (κ2) is 7.21. The Morgan fingerprint density at radius 1 is 1.23 bits per heavy atom. The summed E-state index contributed by atoms with van der Waals surface area (Å²) in [7, 11) is 1.41. The largest absolute Gasteiger partial charge is 0.462 e. The highest BCUT2D eigenvalue weighted by molar-refractivity contribution is 5.97. The van der Waals surface area contributed by atoms with Crippen LogP contribution in [0.4, 0.5) is 0 Å². The lowest BCUT2D eigenvalue weighted by atomic mass is 10.1. The van der Waals surface area contributed by atoms with Gasteiger partial charge < -0.3 is 15.0 Å². The van der Waals surface area contributed by atoms with E-state index in [0.29, 0.717) is 6.42 Å². The number of amides is 1. The summed E-state index contributed by atoms with van der Waals surface area (Å²) >= 11 is 0. The van der Waals surface area contributed by atoms with Gasteiger partial charge in [0, 0.05) is 19.7 Å². The van der Waals surface area contributed by atoms with E-state index in [0.717, 1.165) is 5.56 Å². The van der Waals surface area contributed by atoms with E-state index < -0.39 is 17.4 Å². The van der Waals surface area contributed by atoms with Gasteiger partial charge in [0.05, 0.1) is 12.2 Å². The molecule has 114 valence electrons. The Labute approximate surface area is 127 Å². The summed E-state index contributed by atoms with van der Waals surface area (Å²) in [6.45, 7) is 0.220. The third-order valence-corrected chi connectivity index (χ3v) is 3.08. The minimum atomic E-state index is -0.586. The van der Waals surface area contributed by atoms with Crippen molar-refractivity contribution in [3.05, 3.63) is 69.6 Å². The third-order valence-electron chi connectivity index (χ3n) is 3.08. The summed E-state index contributed by atoms with van der Waals surface area (Å²) < 4.78 is 5.15. The first-order valence-electron chi connectivity index (χ1n) is 6.77. The van der Waals surface area contributed by atoms with E-state index in [2.05, 4.69) is 10.3 Å². The molecule has 0 aliphatic carbocycles. The fraction of sp³-hybridized carbons (Fsp3) is 0.188. The average molecular weight is 300 g/mol. The quantitative estimate of drug-likeness (QED) is 0.810. The Kier molecular flexibility index (Phi) is 5.08. The number of aromatic amines is 1. The molecule has 0 saturated heterocycles. The monoisotopic (exact) mass is 300 g/mol. The molecule has 1 heterocycles. The van der Waals surface area contributed by atoms with Crippen LogP contribution >= 0.6 is 0 Å². The van der Waals surface area contributed by atoms with Gasteiger partial charge in [-0.25, -0.2) is 4.79 Å². The lowest BCUT2D eigenvalue weighted by molar-refractivity contribution is 0.0508. The van der Waals surface area contributed by atoms with Crippen molar-refractivity contribution in [3.8, 4) is 0 Å². The van der Waals surface area contributed by atoms with Crippen LogP contribution in [0.25, 0.3) is 0 Å². The molecule has 0 fully saturated rings. The highest BCUT2D eigenvalue weighted by Gasteiger charge is 2.14. The predicted octanol–water partition coefficient (Wildman–Crippen LogP) is 1.13. The van der Waals surface area contributed by atoms with E-state index in [1.54, 1.807) is 0 Å². The Bertz CT molecular complexity index is 722. The van der Waals surface area contributed by atoms with Gasteiger partial charge in [-0.1, -0.05) is 30.3 Å². The van der Waals surface area contributed by atoms with E-state index >= 15 is 0 Å². The zero-order valence-corrected chi connectivity index (χ0v) is 12.1. The number of ether oxygens (including phenoxy) is 1. The van der Waals surface area contributed by atoms with Gasteiger partial charge in [-0.3, -0.25) is 9.59 Å². The van der Waals surface area contributed by atoms with Crippen LogP contribution in [0, 0.1) is 0 Å². The first kappa shape index (κ1) is 15.5. The van der Waals surface area contributed by atoms with Gasteiger partial charge in [-0.15, -0.1) is 0 Å². The van der Waals surface area contributed by atoms with Gasteiger partial charge in [0.25, 0.3) is 11.5 Å². The Hall–Kier alpha value is -2.89. The number of pyridine rings is 1. The van der Waals surface area contributed by atoms with Gasteiger partial charge in [0.2, 0.25) is 0 Å². The van der Waals surface area contributed by atoms with Gasteiger partial charge in [0.15, 0.2) is 0 Å². The minimum absolute atomic E-state index is 0.125. The number of carbonyl (C=O) groups excluding carboxylic acids is 2. The second-order valence-corrected chi connectivity index (χ2v) is 4.58. The van der Waals surface area contributed by atoms with Gasteiger partial charge in [-0.05, 0) is 11.6 Å². The summed E-state index contributed by atoms with van der Waals surface area (Å²) in [5.74, 6) is -1.14. The van der Waals surface area contributed by atoms with Crippen LogP contribution in [-0.4, -0.2) is 30.5 Å². The normalized spacial score (nSPS) is 10.0. The Morgan fingerprint density at radius 2 is 1.95 bits per heavy atom. The van der Waals surface area contributed by atoms with Crippen molar-refractivity contribution in [1.29, 1.82) is 0 Å². The van der Waals surface area contributed by atoms with Crippen molar-refractivity contribution in [1.82, 2.24) is 10.3 Å². The zero-order chi connectivity index (χ0) is 15.9. The van der Waals surface area contributed by atoms with Crippen molar-refractivity contribution in [2.24, 2.45) is 0 Å². The number of H-pyrrole nitrogens is 1. The SMILES string of the molecule is CNC(=O)c1cc(C(=O)OCCc2ccccc2)c[nH]c1=O. The van der Waals surface area contributed by atoms with Crippen LogP contribution in [-0.2, 0) is 11.2 Å². The van der Waals surface area contributed by atoms with Crippen molar-refractivity contribution in [2.45, 2.75) is 6.42 Å². The van der Waals surface area contributed by atoms with Crippen LogP contribution in [0.5, 0.6) is 0 Å². The number of hydrogen-bond acceptors (Lipinski definition) is 4. The highest BCUT2D eigenvalue weighted by Crippen LogP contribution is 2.04. The summed E-state index contributed by atoms with van der Waals surface area (Å²) in [5.41, 5.74) is 0.509. The maximum Gasteiger partial charge on any atom is 0.339 e. The Morgan fingerprint density at radius 3 is 2.64 bits per heavy atom. The van der Waals surface area contributed by atoms with E-state index in [-0.39, 0.29) is 17.7 Å². The molecular weight excluding hydrogens is 284 g/mol. The molecule has 0 unspecified atom stereocenters. The smallest absolute Gasteiger partial charge is 0.339 e. The van der Waals surface area contributed by atoms with Crippen LogP contribution in [0.15, 0.2) is 47.4 Å². The molecule has 2 rings (SSSR count). The second-order valence-electron chi connectivity index (χ2n) is 4.58. The number of carbonyl (C=O) groups is 2. The molecule has 0 radical (unpaired) electrons. The molecule has 22 heavy (non-hydrogen) atoms. The molecule has 2 N–H and O–H groups in total. The standard InChI is InChI=1S/C16H16N2O4/c1-17-14(19)13-9-12(10-18-15(13)20)16(21)22-8-7-11-5-3-2-4-6-11/h2-6,9-10H,7-8H2,1H3,(H,17,19)(H,18,20). The van der Waals surface area contributed by atoms with Crippen molar-refractivity contribution >= 4 is 11.9 Å². The molecule has 0 atom stereocenters. The van der Waals surface area contributed by atoms with Crippen molar-refractivity contribution < 1.29 is 14.3 Å². The van der Waals surface area contributed by atoms with E-state index in [1.807, 2.05) is 30.3 Å². The first-order chi connectivity index (χ1) is 10.6. The summed E-state index contributed by atoms with van der Waals surface area (Å²) in [5, 5.41) is 2.34. The fourth-order valence-corrected chi connectivity index (χ4v) is 1.89. The number of benzene rings is 1. The summed E-state index contributed by atoms with van der Waals surface area (Å²) in [4.78, 5) is 37.3. The van der Waals surface area contributed by atoms with Gasteiger partial charge in [-0.2, -0.15) is 0 Å². The topological polar surface area (TPSA) is 88.3 Å². The lowest BCUT2D eigenvalue weighted by Gasteiger charge is -2.06. The molecule has 6 nitrogen and oxygen atoms in total. The highest BCUT2D eigenvalue weighted by atomic mass is 16.5. The van der Waals surface area contributed by atoms with Crippen LogP contribution < -0.4 is 10.9 Å².